The molecule has 0 aliphatic carbocycles. The number of rotatable bonds is 5. The molecule has 1 N–H and O–H groups in total. The summed E-state index contributed by atoms with van der Waals surface area (Å²) in [6, 6.07) is 8.76. The van der Waals surface area contributed by atoms with E-state index in [9.17, 15) is 8.42 Å². The van der Waals surface area contributed by atoms with Crippen molar-refractivity contribution < 1.29 is 8.42 Å². The van der Waals surface area contributed by atoms with Gasteiger partial charge in [-0.15, -0.1) is 24.0 Å². The molecule has 0 bridgehead atoms. The van der Waals surface area contributed by atoms with Gasteiger partial charge in [-0.05, 0) is 23.8 Å². The van der Waals surface area contributed by atoms with Crippen molar-refractivity contribution in [3.05, 3.63) is 52.8 Å². The maximum Gasteiger partial charge on any atom is 0.194 e. The summed E-state index contributed by atoms with van der Waals surface area (Å²) in [5.74, 6) is 0.740. The van der Waals surface area contributed by atoms with Crippen LogP contribution < -0.4 is 5.32 Å². The summed E-state index contributed by atoms with van der Waals surface area (Å²) in [5.41, 5.74) is 2.05. The zero-order chi connectivity index (χ0) is 18.6. The lowest BCUT2D eigenvalue weighted by atomic mass is 10.2. The molecule has 2 rings (SSSR count). The second kappa shape index (κ2) is 9.61. The number of guanidine groups is 1. The van der Waals surface area contributed by atoms with Crippen LogP contribution in [-0.2, 0) is 30.0 Å². The van der Waals surface area contributed by atoms with Crippen LogP contribution in [0.1, 0.15) is 11.3 Å². The second-order valence-corrected chi connectivity index (χ2v) is 8.39. The lowest BCUT2D eigenvalue weighted by Crippen LogP contribution is -2.38. The van der Waals surface area contributed by atoms with Crippen LogP contribution in [0.5, 0.6) is 0 Å². The molecule has 9 heteroatoms. The number of hydrogen-bond acceptors (Lipinski definition) is 3. The number of sulfone groups is 1. The number of nitrogens with zero attached hydrogens (tertiary/aromatic N) is 3. The lowest BCUT2D eigenvalue weighted by Gasteiger charge is -2.22. The zero-order valence-corrected chi connectivity index (χ0v) is 19.1. The molecule has 2 aromatic rings. The number of aliphatic imine (C=N–C) groups is 1. The summed E-state index contributed by atoms with van der Waals surface area (Å²) in [4.78, 5) is 6.60. The van der Waals surface area contributed by atoms with Crippen LogP contribution in [-0.4, -0.2) is 44.2 Å². The minimum Gasteiger partial charge on any atom is -0.352 e. The fourth-order valence-corrected chi connectivity index (χ4v) is 3.36. The largest absolute Gasteiger partial charge is 0.352 e. The highest BCUT2D eigenvalue weighted by Gasteiger charge is 2.10. The molecular weight excluding hydrogens is 487 g/mol. The molecule has 0 amide bonds. The molecule has 0 unspecified atom stereocenters. The van der Waals surface area contributed by atoms with E-state index in [0.29, 0.717) is 23.0 Å². The Morgan fingerprint density at radius 1 is 1.31 bits per heavy atom. The average molecular weight is 511 g/mol. The molecule has 1 aromatic carbocycles. The highest BCUT2D eigenvalue weighted by Crippen LogP contribution is 2.14. The molecule has 0 aliphatic rings. The van der Waals surface area contributed by atoms with Crippen molar-refractivity contribution in [3.8, 4) is 0 Å². The van der Waals surface area contributed by atoms with Crippen molar-refractivity contribution in [3.63, 3.8) is 0 Å². The van der Waals surface area contributed by atoms with Gasteiger partial charge >= 0.3 is 0 Å². The zero-order valence-electron chi connectivity index (χ0n) is 15.2. The monoisotopic (exact) mass is 510 g/mol. The number of benzene rings is 1. The van der Waals surface area contributed by atoms with Gasteiger partial charge in [-0.3, -0.25) is 4.99 Å². The molecular formula is C17H24ClIN4O2S. The summed E-state index contributed by atoms with van der Waals surface area (Å²) < 4.78 is 25.0. The van der Waals surface area contributed by atoms with Crippen LogP contribution in [0.25, 0.3) is 0 Å². The summed E-state index contributed by atoms with van der Waals surface area (Å²) >= 11 is 6.02. The number of aryl methyl sites for hydroxylation is 1. The molecule has 0 radical (unpaired) electrons. The maximum atomic E-state index is 11.5. The van der Waals surface area contributed by atoms with E-state index < -0.39 is 9.84 Å². The number of halogens is 2. The van der Waals surface area contributed by atoms with E-state index in [2.05, 4.69) is 10.3 Å². The van der Waals surface area contributed by atoms with Crippen molar-refractivity contribution in [1.82, 2.24) is 14.8 Å². The molecule has 0 spiro atoms. The third kappa shape index (κ3) is 6.17. The van der Waals surface area contributed by atoms with Gasteiger partial charge in [0.1, 0.15) is 0 Å². The van der Waals surface area contributed by atoms with Crippen molar-refractivity contribution in [1.29, 1.82) is 0 Å². The average Bonchev–Trinajstić information content (AvgIpc) is 2.85. The fraction of sp³-hybridized carbons (Fsp3) is 0.353. The Kier molecular flexibility index (Phi) is 8.42. The smallest absolute Gasteiger partial charge is 0.194 e. The van der Waals surface area contributed by atoms with Gasteiger partial charge in [0.05, 0.1) is 16.5 Å². The third-order valence-corrected chi connectivity index (χ3v) is 5.18. The molecule has 0 atom stereocenters. The first kappa shape index (κ1) is 22.8. The van der Waals surface area contributed by atoms with Crippen LogP contribution in [0.15, 0.2) is 46.4 Å². The summed E-state index contributed by atoms with van der Waals surface area (Å²) in [6.07, 6.45) is 3.07. The molecule has 6 nitrogen and oxygen atoms in total. The topological polar surface area (TPSA) is 66.7 Å². The number of nitrogens with one attached hydrogen (secondary N) is 1. The molecule has 0 fully saturated rings. The Labute approximate surface area is 177 Å². The van der Waals surface area contributed by atoms with Crippen LogP contribution in [0.3, 0.4) is 0 Å². The Bertz CT molecular complexity index is 863. The van der Waals surface area contributed by atoms with E-state index in [-0.39, 0.29) is 24.0 Å². The predicted molar refractivity (Wildman–Crippen MR) is 117 cm³/mol. The van der Waals surface area contributed by atoms with Crippen molar-refractivity contribution in [2.75, 3.05) is 20.4 Å². The Hall–Kier alpha value is -1.26. The predicted octanol–water partition coefficient (Wildman–Crippen LogP) is 2.91. The Balaban J connectivity index is 0.00000338. The van der Waals surface area contributed by atoms with Crippen molar-refractivity contribution >= 4 is 51.4 Å². The van der Waals surface area contributed by atoms with Gasteiger partial charge in [-0.25, -0.2) is 8.42 Å². The summed E-state index contributed by atoms with van der Waals surface area (Å²) in [5, 5.41) is 3.98. The highest BCUT2D eigenvalue weighted by atomic mass is 127. The highest BCUT2D eigenvalue weighted by molar-refractivity contribution is 14.0. The van der Waals surface area contributed by atoms with E-state index in [1.807, 2.05) is 35.8 Å². The fourth-order valence-electron chi connectivity index (χ4n) is 2.46. The normalized spacial score (nSPS) is 11.8. The van der Waals surface area contributed by atoms with E-state index in [1.165, 1.54) is 6.26 Å². The second-order valence-electron chi connectivity index (χ2n) is 5.93. The van der Waals surface area contributed by atoms with Gasteiger partial charge in [-0.1, -0.05) is 23.7 Å². The first-order valence-electron chi connectivity index (χ1n) is 7.72. The van der Waals surface area contributed by atoms with Crippen LogP contribution >= 0.6 is 35.6 Å². The van der Waals surface area contributed by atoms with Crippen LogP contribution in [0.2, 0.25) is 5.02 Å². The van der Waals surface area contributed by atoms with Crippen molar-refractivity contribution in [2.24, 2.45) is 12.0 Å². The third-order valence-electron chi connectivity index (χ3n) is 3.85. The summed E-state index contributed by atoms with van der Waals surface area (Å²) in [7, 11) is 2.46. The Morgan fingerprint density at radius 2 is 1.92 bits per heavy atom. The minimum atomic E-state index is -3.17. The van der Waals surface area contributed by atoms with Gasteiger partial charge in [0.15, 0.2) is 15.8 Å². The van der Waals surface area contributed by atoms with E-state index in [1.54, 1.807) is 31.3 Å². The first-order valence-corrected chi connectivity index (χ1v) is 9.99. The minimum absolute atomic E-state index is 0. The van der Waals surface area contributed by atoms with E-state index >= 15 is 0 Å². The Morgan fingerprint density at radius 3 is 2.38 bits per heavy atom. The lowest BCUT2D eigenvalue weighted by molar-refractivity contribution is 0.461. The molecule has 1 aromatic heterocycles. The summed E-state index contributed by atoms with van der Waals surface area (Å²) in [6.45, 7) is 1.21. The number of hydrogen-bond donors (Lipinski definition) is 1. The molecule has 0 saturated carbocycles. The van der Waals surface area contributed by atoms with E-state index in [4.69, 9.17) is 11.6 Å². The number of aromatic nitrogens is 1. The van der Waals surface area contributed by atoms with Gasteiger partial charge in [0.25, 0.3) is 0 Å². The van der Waals surface area contributed by atoms with Crippen LogP contribution in [0.4, 0.5) is 0 Å². The molecule has 144 valence electrons. The van der Waals surface area contributed by atoms with Gasteiger partial charge < -0.3 is 14.8 Å². The quantitative estimate of drug-likeness (QED) is 0.382. The van der Waals surface area contributed by atoms with Crippen molar-refractivity contribution in [2.45, 2.75) is 18.0 Å². The molecule has 1 heterocycles. The van der Waals surface area contributed by atoms with Gasteiger partial charge in [0, 0.05) is 45.8 Å². The molecule has 0 saturated heterocycles. The SMILES string of the molecule is CN=C(NCc1ccc(S(C)(=O)=O)cc1)N(C)Cc1cc(Cl)cn1C.I. The molecule has 26 heavy (non-hydrogen) atoms. The van der Waals surface area contributed by atoms with Gasteiger partial charge in [0.2, 0.25) is 0 Å². The first-order chi connectivity index (χ1) is 11.7. The van der Waals surface area contributed by atoms with E-state index in [0.717, 1.165) is 17.2 Å². The van der Waals surface area contributed by atoms with Gasteiger partial charge in [-0.2, -0.15) is 0 Å². The standard InChI is InChI=1S/C17H23ClN4O2S.HI/c1-19-17(22(3)12-15-9-14(18)11-21(15)2)20-10-13-5-7-16(8-6-13)25(4,23)24;/h5-9,11H,10,12H2,1-4H3,(H,19,20);1H. The molecule has 0 aliphatic heterocycles. The maximum absolute atomic E-state index is 11.5. The van der Waals surface area contributed by atoms with Crippen LogP contribution in [0, 0.1) is 0 Å².